The van der Waals surface area contributed by atoms with Crippen molar-refractivity contribution in [3.05, 3.63) is 63.9 Å². The molecule has 0 radical (unpaired) electrons. The predicted molar refractivity (Wildman–Crippen MR) is 87.9 cm³/mol. The summed E-state index contributed by atoms with van der Waals surface area (Å²) in [4.78, 5) is 4.49. The third-order valence-corrected chi connectivity index (χ3v) is 3.76. The lowest BCUT2D eigenvalue weighted by molar-refractivity contribution is 0.524. The Hall–Kier alpha value is -1.19. The molecule has 2 rings (SSSR count). The Morgan fingerprint density at radius 1 is 1.25 bits per heavy atom. The number of rotatable bonds is 6. The van der Waals surface area contributed by atoms with Crippen LogP contribution in [0.25, 0.3) is 0 Å². The van der Waals surface area contributed by atoms with Gasteiger partial charge in [-0.2, -0.15) is 0 Å². The molecule has 1 aromatic heterocycles. The molecule has 3 heteroatoms. The van der Waals surface area contributed by atoms with Gasteiger partial charge in [0.25, 0.3) is 0 Å². The van der Waals surface area contributed by atoms with Gasteiger partial charge in [-0.3, -0.25) is 4.98 Å². The summed E-state index contributed by atoms with van der Waals surface area (Å²) in [5, 5.41) is 3.62. The van der Waals surface area contributed by atoms with Crippen LogP contribution in [0, 0.1) is 6.92 Å². The van der Waals surface area contributed by atoms with Crippen LogP contribution in [0.15, 0.2) is 47.1 Å². The van der Waals surface area contributed by atoms with Gasteiger partial charge in [-0.25, -0.2) is 0 Å². The van der Waals surface area contributed by atoms with E-state index in [0.717, 1.165) is 29.6 Å². The Morgan fingerprint density at radius 2 is 2.10 bits per heavy atom. The second kappa shape index (κ2) is 7.55. The highest BCUT2D eigenvalue weighted by Gasteiger charge is 2.12. The van der Waals surface area contributed by atoms with Crippen LogP contribution in [0.1, 0.15) is 36.2 Å². The van der Waals surface area contributed by atoms with Crippen LogP contribution >= 0.6 is 15.9 Å². The molecule has 106 valence electrons. The number of aromatic nitrogens is 1. The molecule has 1 atom stereocenters. The van der Waals surface area contributed by atoms with E-state index in [1.165, 1.54) is 11.1 Å². The van der Waals surface area contributed by atoms with E-state index < -0.39 is 0 Å². The lowest BCUT2D eigenvalue weighted by Gasteiger charge is -2.19. The van der Waals surface area contributed by atoms with Gasteiger partial charge < -0.3 is 5.32 Å². The molecule has 0 spiro atoms. The minimum atomic E-state index is 0.323. The van der Waals surface area contributed by atoms with Crippen molar-refractivity contribution < 1.29 is 0 Å². The van der Waals surface area contributed by atoms with Crippen molar-refractivity contribution >= 4 is 15.9 Å². The fraction of sp³-hybridized carbons (Fsp3) is 0.353. The van der Waals surface area contributed by atoms with Crippen molar-refractivity contribution in [3.8, 4) is 0 Å². The highest BCUT2D eigenvalue weighted by molar-refractivity contribution is 9.10. The largest absolute Gasteiger partial charge is 0.310 e. The molecule has 0 fully saturated rings. The Bertz CT molecular complexity index is 537. The van der Waals surface area contributed by atoms with Gasteiger partial charge in [0, 0.05) is 28.8 Å². The molecule has 1 aromatic carbocycles. The van der Waals surface area contributed by atoms with Crippen molar-refractivity contribution in [1.29, 1.82) is 0 Å². The quantitative estimate of drug-likeness (QED) is 0.846. The summed E-state index contributed by atoms with van der Waals surface area (Å²) in [5.41, 5.74) is 3.75. The summed E-state index contributed by atoms with van der Waals surface area (Å²) < 4.78 is 1.02. The molecule has 0 saturated carbocycles. The molecule has 2 nitrogen and oxygen atoms in total. The molecule has 0 aliphatic rings. The van der Waals surface area contributed by atoms with Gasteiger partial charge in [-0.05, 0) is 53.5 Å². The molecule has 0 saturated heterocycles. The minimum Gasteiger partial charge on any atom is -0.310 e. The van der Waals surface area contributed by atoms with E-state index >= 15 is 0 Å². The summed E-state index contributed by atoms with van der Waals surface area (Å²) >= 11 is 3.43. The highest BCUT2D eigenvalue weighted by Crippen LogP contribution is 2.19. The molecule has 20 heavy (non-hydrogen) atoms. The van der Waals surface area contributed by atoms with Crippen LogP contribution < -0.4 is 5.32 Å². The molecule has 0 aliphatic carbocycles. The maximum absolute atomic E-state index is 4.49. The van der Waals surface area contributed by atoms with E-state index in [-0.39, 0.29) is 0 Å². The van der Waals surface area contributed by atoms with Gasteiger partial charge >= 0.3 is 0 Å². The van der Waals surface area contributed by atoms with E-state index in [9.17, 15) is 0 Å². The van der Waals surface area contributed by atoms with Crippen LogP contribution in [0.3, 0.4) is 0 Å². The summed E-state index contributed by atoms with van der Waals surface area (Å²) in [6.45, 7) is 5.35. The SMILES string of the molecule is CCCNC(Cc1ccc(Br)cn1)c1cccc(C)c1. The summed E-state index contributed by atoms with van der Waals surface area (Å²) in [6.07, 6.45) is 3.91. The molecule has 1 N–H and O–H groups in total. The number of aryl methyl sites for hydroxylation is 1. The number of nitrogens with one attached hydrogen (secondary N) is 1. The van der Waals surface area contributed by atoms with Crippen molar-refractivity contribution in [3.63, 3.8) is 0 Å². The fourth-order valence-electron chi connectivity index (χ4n) is 2.25. The van der Waals surface area contributed by atoms with Gasteiger partial charge in [0.1, 0.15) is 0 Å². The van der Waals surface area contributed by atoms with Gasteiger partial charge in [-0.1, -0.05) is 36.8 Å². The van der Waals surface area contributed by atoms with Gasteiger partial charge in [0.15, 0.2) is 0 Å². The number of hydrogen-bond donors (Lipinski definition) is 1. The van der Waals surface area contributed by atoms with Crippen LogP contribution in [-0.2, 0) is 6.42 Å². The fourth-order valence-corrected chi connectivity index (χ4v) is 2.48. The lowest BCUT2D eigenvalue weighted by Crippen LogP contribution is -2.24. The molecule has 2 aromatic rings. The van der Waals surface area contributed by atoms with Crippen molar-refractivity contribution in [1.82, 2.24) is 10.3 Å². The number of halogens is 1. The third-order valence-electron chi connectivity index (χ3n) is 3.29. The molecule has 1 unspecified atom stereocenters. The number of benzene rings is 1. The van der Waals surface area contributed by atoms with Crippen molar-refractivity contribution in [2.75, 3.05) is 6.54 Å². The minimum absolute atomic E-state index is 0.323. The van der Waals surface area contributed by atoms with E-state index in [0.29, 0.717) is 6.04 Å². The lowest BCUT2D eigenvalue weighted by atomic mass is 9.99. The maximum atomic E-state index is 4.49. The smallest absolute Gasteiger partial charge is 0.0423 e. The van der Waals surface area contributed by atoms with Crippen molar-refractivity contribution in [2.24, 2.45) is 0 Å². The second-order valence-corrected chi connectivity index (χ2v) is 6.01. The average Bonchev–Trinajstić information content (AvgIpc) is 2.45. The molecular weight excluding hydrogens is 312 g/mol. The molecule has 0 amide bonds. The molecular formula is C17H21BrN2. The zero-order valence-corrected chi connectivity index (χ0v) is 13.7. The number of hydrogen-bond acceptors (Lipinski definition) is 2. The zero-order valence-electron chi connectivity index (χ0n) is 12.1. The first-order valence-electron chi connectivity index (χ1n) is 7.09. The third kappa shape index (κ3) is 4.43. The summed E-state index contributed by atoms with van der Waals surface area (Å²) in [5.74, 6) is 0. The Morgan fingerprint density at radius 3 is 2.75 bits per heavy atom. The zero-order chi connectivity index (χ0) is 14.4. The topological polar surface area (TPSA) is 24.9 Å². The van der Waals surface area contributed by atoms with E-state index in [1.807, 2.05) is 6.20 Å². The number of pyridine rings is 1. The second-order valence-electron chi connectivity index (χ2n) is 5.09. The average molecular weight is 333 g/mol. The van der Waals surface area contributed by atoms with Crippen LogP contribution in [0.5, 0.6) is 0 Å². The van der Waals surface area contributed by atoms with Crippen LogP contribution in [0.2, 0.25) is 0 Å². The molecule has 1 heterocycles. The van der Waals surface area contributed by atoms with Crippen LogP contribution in [-0.4, -0.2) is 11.5 Å². The predicted octanol–water partition coefficient (Wildman–Crippen LogP) is 4.44. The van der Waals surface area contributed by atoms with E-state index in [1.54, 1.807) is 0 Å². The summed E-state index contributed by atoms with van der Waals surface area (Å²) in [7, 11) is 0. The van der Waals surface area contributed by atoms with E-state index in [4.69, 9.17) is 0 Å². The van der Waals surface area contributed by atoms with Crippen molar-refractivity contribution in [2.45, 2.75) is 32.7 Å². The van der Waals surface area contributed by atoms with Crippen LogP contribution in [0.4, 0.5) is 0 Å². The first kappa shape index (κ1) is 15.2. The normalized spacial score (nSPS) is 12.3. The number of nitrogens with zero attached hydrogens (tertiary/aromatic N) is 1. The standard InChI is InChI=1S/C17H21BrN2/c1-3-9-19-17(14-6-4-5-13(2)10-14)11-16-8-7-15(18)12-20-16/h4-8,10,12,17,19H,3,9,11H2,1-2H3. The van der Waals surface area contributed by atoms with E-state index in [2.05, 4.69) is 76.5 Å². The summed E-state index contributed by atoms with van der Waals surface area (Å²) in [6, 6.07) is 13.2. The Balaban J connectivity index is 2.16. The Labute approximate surface area is 129 Å². The molecule has 0 bridgehead atoms. The molecule has 0 aliphatic heterocycles. The highest BCUT2D eigenvalue weighted by atomic mass is 79.9. The monoisotopic (exact) mass is 332 g/mol. The first-order valence-corrected chi connectivity index (χ1v) is 7.88. The maximum Gasteiger partial charge on any atom is 0.0423 e. The van der Waals surface area contributed by atoms with Gasteiger partial charge in [-0.15, -0.1) is 0 Å². The Kier molecular flexibility index (Phi) is 5.74. The first-order chi connectivity index (χ1) is 9.69. The van der Waals surface area contributed by atoms with Gasteiger partial charge in [0.05, 0.1) is 0 Å². The van der Waals surface area contributed by atoms with Gasteiger partial charge in [0.2, 0.25) is 0 Å².